The lowest BCUT2D eigenvalue weighted by Gasteiger charge is -2.25. The number of nitrogens with one attached hydrogen (secondary N) is 1. The Bertz CT molecular complexity index is 526. The second-order valence-electron chi connectivity index (χ2n) is 6.62. The van der Waals surface area contributed by atoms with Gasteiger partial charge < -0.3 is 21.3 Å². The predicted molar refractivity (Wildman–Crippen MR) is 105 cm³/mol. The molecule has 1 aliphatic rings. The van der Waals surface area contributed by atoms with Gasteiger partial charge in [-0.1, -0.05) is 28.0 Å². The van der Waals surface area contributed by atoms with Crippen molar-refractivity contribution >= 4 is 45.3 Å². The van der Waals surface area contributed by atoms with Gasteiger partial charge in [0.25, 0.3) is 0 Å². The maximum atomic E-state index is 12.2. The van der Waals surface area contributed by atoms with E-state index >= 15 is 0 Å². The van der Waals surface area contributed by atoms with Crippen molar-refractivity contribution in [1.29, 1.82) is 0 Å². The number of carboxylic acid groups (broad SMARTS) is 2. The number of carboxylic acids is 2. The molecule has 0 aromatic carbocycles. The van der Waals surface area contributed by atoms with Crippen molar-refractivity contribution in [1.82, 2.24) is 5.32 Å². The molecule has 5 N–H and O–H groups in total. The van der Waals surface area contributed by atoms with E-state index < -0.39 is 29.8 Å². The average molecular weight is 421 g/mol. The summed E-state index contributed by atoms with van der Waals surface area (Å²) in [7, 11) is 3.78. The minimum Gasteiger partial charge on any atom is -0.481 e. The molecular formula is C17H28N2O6S2. The smallest absolute Gasteiger partial charge is 0.303 e. The van der Waals surface area contributed by atoms with Gasteiger partial charge in [0, 0.05) is 36.3 Å². The molecule has 1 rings (SSSR count). The van der Waals surface area contributed by atoms with Gasteiger partial charge in [0.05, 0.1) is 5.92 Å². The fourth-order valence-electron chi connectivity index (χ4n) is 2.97. The van der Waals surface area contributed by atoms with E-state index in [-0.39, 0.29) is 31.6 Å². The largest absolute Gasteiger partial charge is 0.481 e. The zero-order chi connectivity index (χ0) is 20.2. The highest BCUT2D eigenvalue weighted by Gasteiger charge is 2.29. The van der Waals surface area contributed by atoms with Crippen molar-refractivity contribution in [3.05, 3.63) is 0 Å². The van der Waals surface area contributed by atoms with Crippen LogP contribution in [-0.4, -0.2) is 51.0 Å². The van der Waals surface area contributed by atoms with Gasteiger partial charge in [0.2, 0.25) is 11.8 Å². The third kappa shape index (κ3) is 10.5. The fraction of sp³-hybridized carbons (Fsp3) is 0.765. The number of primary amides is 1. The Morgan fingerprint density at radius 3 is 2.26 bits per heavy atom. The third-order valence-electron chi connectivity index (χ3n) is 4.44. The summed E-state index contributed by atoms with van der Waals surface area (Å²) >= 11 is 0. The highest BCUT2D eigenvalue weighted by Crippen LogP contribution is 2.39. The Morgan fingerprint density at radius 1 is 1.04 bits per heavy atom. The summed E-state index contributed by atoms with van der Waals surface area (Å²) in [5.41, 5.74) is 5.36. The molecule has 1 heterocycles. The quantitative estimate of drug-likeness (QED) is 0.246. The van der Waals surface area contributed by atoms with Crippen LogP contribution in [0.4, 0.5) is 0 Å². The normalized spacial score (nSPS) is 18.6. The number of amides is 2. The molecule has 1 saturated heterocycles. The Labute approximate surface area is 166 Å². The molecule has 3 unspecified atom stereocenters. The van der Waals surface area contributed by atoms with Crippen LogP contribution in [0.3, 0.4) is 0 Å². The van der Waals surface area contributed by atoms with E-state index in [1.165, 1.54) is 12.2 Å². The molecule has 1 aliphatic heterocycles. The average Bonchev–Trinajstić information content (AvgIpc) is 3.09. The third-order valence-corrected chi connectivity index (χ3v) is 7.45. The second kappa shape index (κ2) is 12.9. The van der Waals surface area contributed by atoms with Gasteiger partial charge in [-0.2, -0.15) is 0 Å². The molecule has 0 radical (unpaired) electrons. The van der Waals surface area contributed by atoms with Crippen molar-refractivity contribution in [3.8, 4) is 0 Å². The molecular weight excluding hydrogens is 392 g/mol. The number of hydrogen-bond acceptors (Lipinski definition) is 6. The molecule has 0 spiro atoms. The van der Waals surface area contributed by atoms with Crippen LogP contribution in [0.25, 0.3) is 0 Å². The van der Waals surface area contributed by atoms with E-state index in [0.717, 1.165) is 19.3 Å². The number of carbonyl (C=O) groups excluding carboxylic acids is 2. The molecule has 2 amide bonds. The zero-order valence-electron chi connectivity index (χ0n) is 15.2. The lowest BCUT2D eigenvalue weighted by atomic mass is 9.90. The topological polar surface area (TPSA) is 147 Å². The lowest BCUT2D eigenvalue weighted by Crippen LogP contribution is -2.46. The van der Waals surface area contributed by atoms with E-state index in [0.29, 0.717) is 11.7 Å². The summed E-state index contributed by atoms with van der Waals surface area (Å²) < 4.78 is 0. The number of hydrogen-bond donors (Lipinski definition) is 4. The van der Waals surface area contributed by atoms with Crippen LogP contribution in [-0.2, 0) is 19.2 Å². The Balaban J connectivity index is 2.51. The molecule has 0 aliphatic carbocycles. The Hall–Kier alpha value is -1.42. The standard InChI is InChI=1S/C17H28N2O6S2/c18-17(25)12(5-7-15(21)22)13(6-8-16(23)24)19-14(20)4-2-1-3-11-9-10-26-27-11/h11-13H,1-10H2,(H2,18,25)(H,19,20)(H,21,22)(H,23,24). The number of aliphatic carboxylic acids is 2. The summed E-state index contributed by atoms with van der Waals surface area (Å²) in [6, 6.07) is -0.771. The molecule has 3 atom stereocenters. The van der Waals surface area contributed by atoms with E-state index in [1.54, 1.807) is 0 Å². The van der Waals surface area contributed by atoms with Gasteiger partial charge >= 0.3 is 11.9 Å². The van der Waals surface area contributed by atoms with Gasteiger partial charge in [-0.05, 0) is 32.1 Å². The van der Waals surface area contributed by atoms with Gasteiger partial charge in [-0.15, -0.1) is 0 Å². The Kier molecular flexibility index (Phi) is 11.3. The summed E-state index contributed by atoms with van der Waals surface area (Å²) in [4.78, 5) is 45.6. The summed E-state index contributed by atoms with van der Waals surface area (Å²) in [6.45, 7) is 0. The van der Waals surface area contributed by atoms with E-state index in [2.05, 4.69) is 5.32 Å². The Morgan fingerprint density at radius 2 is 1.70 bits per heavy atom. The monoisotopic (exact) mass is 420 g/mol. The fourth-order valence-corrected chi connectivity index (χ4v) is 6.00. The maximum absolute atomic E-state index is 12.2. The molecule has 0 aromatic heterocycles. The zero-order valence-corrected chi connectivity index (χ0v) is 16.9. The molecule has 0 aromatic rings. The summed E-state index contributed by atoms with van der Waals surface area (Å²) in [5, 5.41) is 21.1. The van der Waals surface area contributed by atoms with Crippen LogP contribution in [0.5, 0.6) is 0 Å². The van der Waals surface area contributed by atoms with Crippen molar-refractivity contribution in [2.24, 2.45) is 11.7 Å². The maximum Gasteiger partial charge on any atom is 0.303 e. The minimum atomic E-state index is -1.08. The van der Waals surface area contributed by atoms with Crippen LogP contribution in [0.15, 0.2) is 0 Å². The number of nitrogens with two attached hydrogens (primary N) is 1. The lowest BCUT2D eigenvalue weighted by molar-refractivity contribution is -0.139. The molecule has 0 saturated carbocycles. The number of carbonyl (C=O) groups is 4. The van der Waals surface area contributed by atoms with Crippen molar-refractivity contribution in [3.63, 3.8) is 0 Å². The van der Waals surface area contributed by atoms with E-state index in [9.17, 15) is 19.2 Å². The van der Waals surface area contributed by atoms with Gasteiger partial charge in [0.15, 0.2) is 0 Å². The molecule has 1 fully saturated rings. The second-order valence-corrected chi connectivity index (χ2v) is 9.41. The first-order chi connectivity index (χ1) is 12.8. The highest BCUT2D eigenvalue weighted by atomic mass is 33.1. The van der Waals surface area contributed by atoms with E-state index in [1.807, 2.05) is 21.6 Å². The molecule has 154 valence electrons. The van der Waals surface area contributed by atoms with Crippen LogP contribution < -0.4 is 11.1 Å². The van der Waals surface area contributed by atoms with Crippen LogP contribution >= 0.6 is 21.6 Å². The van der Waals surface area contributed by atoms with Crippen LogP contribution in [0.1, 0.15) is 57.8 Å². The van der Waals surface area contributed by atoms with Gasteiger partial charge in [0.1, 0.15) is 0 Å². The SMILES string of the molecule is NC(=O)C(CCC(=O)O)C(CCC(=O)O)NC(=O)CCCCC1CCSS1. The molecule has 0 bridgehead atoms. The molecule has 10 heteroatoms. The van der Waals surface area contributed by atoms with Crippen LogP contribution in [0, 0.1) is 5.92 Å². The van der Waals surface area contributed by atoms with Gasteiger partial charge in [-0.25, -0.2) is 0 Å². The number of rotatable bonds is 14. The van der Waals surface area contributed by atoms with Crippen molar-refractivity contribution in [2.45, 2.75) is 69.1 Å². The summed E-state index contributed by atoms with van der Waals surface area (Å²) in [5.74, 6) is -2.86. The first-order valence-electron chi connectivity index (χ1n) is 9.10. The minimum absolute atomic E-state index is 0.0320. The summed E-state index contributed by atoms with van der Waals surface area (Å²) in [6.07, 6.45) is 3.69. The molecule has 8 nitrogen and oxygen atoms in total. The van der Waals surface area contributed by atoms with Crippen molar-refractivity contribution < 1.29 is 29.4 Å². The first kappa shape index (κ1) is 23.6. The highest BCUT2D eigenvalue weighted by molar-refractivity contribution is 8.77. The molecule has 27 heavy (non-hydrogen) atoms. The van der Waals surface area contributed by atoms with Gasteiger partial charge in [-0.3, -0.25) is 19.2 Å². The van der Waals surface area contributed by atoms with Crippen molar-refractivity contribution in [2.75, 3.05) is 5.75 Å². The number of unbranched alkanes of at least 4 members (excludes halogenated alkanes) is 1. The van der Waals surface area contributed by atoms with E-state index in [4.69, 9.17) is 15.9 Å². The van der Waals surface area contributed by atoms with Crippen LogP contribution in [0.2, 0.25) is 0 Å². The first-order valence-corrected chi connectivity index (χ1v) is 11.5. The predicted octanol–water partition coefficient (Wildman–Crippen LogP) is 2.02.